The second kappa shape index (κ2) is 3.94. The van der Waals surface area contributed by atoms with E-state index in [9.17, 15) is 0 Å². The van der Waals surface area contributed by atoms with Crippen molar-refractivity contribution in [3.05, 3.63) is 0 Å². The Balaban J connectivity index is 0.000000144. The molecule has 0 atom stereocenters. The van der Waals surface area contributed by atoms with Crippen LogP contribution in [0.2, 0.25) is 0 Å². The van der Waals surface area contributed by atoms with E-state index < -0.39 is 7.82 Å². The summed E-state index contributed by atoms with van der Waals surface area (Å²) in [7, 11) is -4.64. The zero-order chi connectivity index (χ0) is 7.33. The smallest absolute Gasteiger partial charge is 0.303 e. The first-order valence-electron chi connectivity index (χ1n) is 2.03. The Bertz CT molecular complexity index is 89.4. The molecule has 0 saturated carbocycles. The predicted octanol–water partition coefficient (Wildman–Crippen LogP) is -0.980. The molecular formula is C2H7O6P. The SMILES string of the molecule is C1COO1.O=P(O)(O)O. The van der Waals surface area contributed by atoms with Gasteiger partial charge in [0.05, 0.1) is 0 Å². The topological polar surface area (TPSA) is 96.2 Å². The molecule has 1 heterocycles. The Morgan fingerprint density at radius 1 is 1.11 bits per heavy atom. The van der Waals surface area contributed by atoms with E-state index in [0.29, 0.717) is 0 Å². The van der Waals surface area contributed by atoms with Crippen molar-refractivity contribution in [1.29, 1.82) is 0 Å². The van der Waals surface area contributed by atoms with Crippen LogP contribution in [0.4, 0.5) is 0 Å². The van der Waals surface area contributed by atoms with Crippen LogP contribution in [0, 0.1) is 0 Å². The molecule has 0 amide bonds. The third-order valence-corrected chi connectivity index (χ3v) is 0.333. The largest absolute Gasteiger partial charge is 0.466 e. The van der Waals surface area contributed by atoms with Gasteiger partial charge in [-0.05, 0) is 0 Å². The fourth-order valence-corrected chi connectivity index (χ4v) is 0.0833. The van der Waals surface area contributed by atoms with E-state index in [4.69, 9.17) is 19.2 Å². The first-order valence-corrected chi connectivity index (χ1v) is 3.59. The zero-order valence-electron chi connectivity index (χ0n) is 4.43. The lowest BCUT2D eigenvalue weighted by atomic mass is 10.8. The van der Waals surface area contributed by atoms with Gasteiger partial charge < -0.3 is 14.7 Å². The second-order valence-corrected chi connectivity index (χ2v) is 2.18. The normalized spacial score (nSPS) is 17.2. The molecule has 0 bridgehead atoms. The van der Waals surface area contributed by atoms with E-state index >= 15 is 0 Å². The lowest BCUT2D eigenvalue weighted by Crippen LogP contribution is -2.14. The maximum absolute atomic E-state index is 8.88. The van der Waals surface area contributed by atoms with Crippen LogP contribution in [-0.4, -0.2) is 27.9 Å². The van der Waals surface area contributed by atoms with E-state index in [2.05, 4.69) is 9.78 Å². The van der Waals surface area contributed by atoms with Gasteiger partial charge in [-0.2, -0.15) is 0 Å². The highest BCUT2D eigenvalue weighted by molar-refractivity contribution is 7.45. The van der Waals surface area contributed by atoms with Crippen molar-refractivity contribution in [3.63, 3.8) is 0 Å². The fraction of sp³-hybridized carbons (Fsp3) is 1.00. The van der Waals surface area contributed by atoms with Crippen molar-refractivity contribution in [2.24, 2.45) is 0 Å². The average Bonchev–Trinajstić information content (AvgIpc) is 1.12. The summed E-state index contributed by atoms with van der Waals surface area (Å²) in [5, 5.41) is 0. The molecular weight excluding hydrogens is 151 g/mol. The summed E-state index contributed by atoms with van der Waals surface area (Å²) >= 11 is 0. The molecule has 1 rings (SSSR count). The van der Waals surface area contributed by atoms with Gasteiger partial charge in [0.25, 0.3) is 0 Å². The van der Waals surface area contributed by atoms with Crippen LogP contribution < -0.4 is 0 Å². The number of phosphoric acid groups is 1. The van der Waals surface area contributed by atoms with E-state index in [0.717, 1.165) is 13.2 Å². The van der Waals surface area contributed by atoms with Gasteiger partial charge in [0, 0.05) is 0 Å². The molecule has 7 heteroatoms. The summed E-state index contributed by atoms with van der Waals surface area (Å²) in [6, 6.07) is 0. The van der Waals surface area contributed by atoms with Crippen LogP contribution >= 0.6 is 7.82 Å². The van der Waals surface area contributed by atoms with Crippen molar-refractivity contribution in [3.8, 4) is 0 Å². The van der Waals surface area contributed by atoms with Crippen LogP contribution in [0.25, 0.3) is 0 Å². The minimum atomic E-state index is -4.64. The van der Waals surface area contributed by atoms with Gasteiger partial charge >= 0.3 is 7.82 Å². The van der Waals surface area contributed by atoms with Crippen molar-refractivity contribution in [2.75, 3.05) is 13.2 Å². The molecule has 0 unspecified atom stereocenters. The highest BCUT2D eigenvalue weighted by Crippen LogP contribution is 2.25. The van der Waals surface area contributed by atoms with Gasteiger partial charge in [0.2, 0.25) is 0 Å². The van der Waals surface area contributed by atoms with Crippen molar-refractivity contribution in [1.82, 2.24) is 0 Å². The summed E-state index contributed by atoms with van der Waals surface area (Å²) in [6.45, 7) is 1.56. The molecule has 0 spiro atoms. The molecule has 1 aliphatic rings. The summed E-state index contributed by atoms with van der Waals surface area (Å²) in [5.41, 5.74) is 0. The standard InChI is InChI=1S/C2H4O2.H3O4P/c1-2-4-3-1;1-5(2,3)4/h1-2H2;(H3,1,2,3,4). The van der Waals surface area contributed by atoms with Crippen molar-refractivity contribution < 1.29 is 29.0 Å². The number of hydrogen-bond acceptors (Lipinski definition) is 3. The van der Waals surface area contributed by atoms with Gasteiger partial charge in [-0.25, -0.2) is 14.3 Å². The molecule has 0 radical (unpaired) electrons. The molecule has 1 aliphatic heterocycles. The first kappa shape index (κ1) is 9.03. The molecule has 0 aromatic heterocycles. The molecule has 0 aliphatic carbocycles. The highest BCUT2D eigenvalue weighted by atomic mass is 31.2. The Morgan fingerprint density at radius 2 is 1.22 bits per heavy atom. The Labute approximate surface area is 51.2 Å². The lowest BCUT2D eigenvalue weighted by Gasteiger charge is -2.08. The maximum atomic E-state index is 8.88. The summed E-state index contributed by atoms with van der Waals surface area (Å²) in [6.07, 6.45) is 0. The van der Waals surface area contributed by atoms with Crippen LogP contribution in [0.1, 0.15) is 0 Å². The highest BCUT2D eigenvalue weighted by Gasteiger charge is 2.00. The molecule has 6 nitrogen and oxygen atoms in total. The molecule has 9 heavy (non-hydrogen) atoms. The zero-order valence-corrected chi connectivity index (χ0v) is 5.32. The van der Waals surface area contributed by atoms with Crippen LogP contribution in [0.15, 0.2) is 0 Å². The molecule has 1 fully saturated rings. The van der Waals surface area contributed by atoms with E-state index in [-0.39, 0.29) is 0 Å². The van der Waals surface area contributed by atoms with Crippen molar-refractivity contribution in [2.45, 2.75) is 0 Å². The quantitative estimate of drug-likeness (QED) is 0.309. The maximum Gasteiger partial charge on any atom is 0.466 e. The van der Waals surface area contributed by atoms with Gasteiger partial charge in [-0.3, -0.25) is 0 Å². The van der Waals surface area contributed by atoms with E-state index in [1.165, 1.54) is 0 Å². The number of hydrogen-bond donors (Lipinski definition) is 3. The minimum Gasteiger partial charge on any atom is -0.303 e. The fourth-order valence-electron chi connectivity index (χ4n) is 0.0833. The van der Waals surface area contributed by atoms with Crippen LogP contribution in [0.5, 0.6) is 0 Å². The monoisotopic (exact) mass is 158 g/mol. The molecule has 3 N–H and O–H groups in total. The van der Waals surface area contributed by atoms with Gasteiger partial charge in [-0.15, -0.1) is 0 Å². The summed E-state index contributed by atoms with van der Waals surface area (Å²) in [4.78, 5) is 30.0. The molecule has 0 aromatic rings. The minimum absolute atomic E-state index is 0.778. The molecule has 56 valence electrons. The Kier molecular flexibility index (Phi) is 3.96. The number of rotatable bonds is 0. The van der Waals surface area contributed by atoms with Gasteiger partial charge in [0.15, 0.2) is 0 Å². The van der Waals surface area contributed by atoms with Gasteiger partial charge in [0.1, 0.15) is 13.2 Å². The Morgan fingerprint density at radius 3 is 1.22 bits per heavy atom. The van der Waals surface area contributed by atoms with Crippen LogP contribution in [0.3, 0.4) is 0 Å². The van der Waals surface area contributed by atoms with E-state index in [1.807, 2.05) is 0 Å². The van der Waals surface area contributed by atoms with Crippen LogP contribution in [-0.2, 0) is 14.3 Å². The van der Waals surface area contributed by atoms with E-state index in [1.54, 1.807) is 0 Å². The van der Waals surface area contributed by atoms with Crippen molar-refractivity contribution >= 4 is 7.82 Å². The summed E-state index contributed by atoms with van der Waals surface area (Å²) in [5.74, 6) is 0. The third kappa shape index (κ3) is 18.0. The lowest BCUT2D eigenvalue weighted by molar-refractivity contribution is -0.382. The second-order valence-electron chi connectivity index (χ2n) is 1.16. The predicted molar refractivity (Wildman–Crippen MR) is 26.2 cm³/mol. The first-order chi connectivity index (χ1) is 4.00. The third-order valence-electron chi connectivity index (χ3n) is 0.333. The molecule has 0 aromatic carbocycles. The molecule has 1 saturated heterocycles. The Hall–Kier alpha value is 0.0300. The van der Waals surface area contributed by atoms with Gasteiger partial charge in [-0.1, -0.05) is 0 Å². The summed E-state index contributed by atoms with van der Waals surface area (Å²) < 4.78 is 8.88. The average molecular weight is 158 g/mol.